The molecule has 0 saturated heterocycles. The molecule has 1 N–H and O–H groups in total. The van der Waals surface area contributed by atoms with Crippen LogP contribution >= 0.6 is 11.3 Å². The number of hydrogen-bond donors (Lipinski definition) is 1. The van der Waals surface area contributed by atoms with E-state index < -0.39 is 0 Å². The lowest BCUT2D eigenvalue weighted by molar-refractivity contribution is 0.0642. The van der Waals surface area contributed by atoms with Gasteiger partial charge in [0, 0.05) is 11.5 Å². The Morgan fingerprint density at radius 3 is 2.45 bits per heavy atom. The molecule has 144 valence electrons. The molecular weight excluding hydrogens is 388 g/mol. The Labute approximate surface area is 170 Å². The molecule has 1 aliphatic heterocycles. The highest BCUT2D eigenvalue weighted by atomic mass is 32.1. The molecule has 1 aliphatic carbocycles. The number of anilines is 1. The van der Waals surface area contributed by atoms with Gasteiger partial charge in [-0.3, -0.25) is 24.6 Å². The summed E-state index contributed by atoms with van der Waals surface area (Å²) in [6, 6.07) is 13.7. The van der Waals surface area contributed by atoms with Crippen molar-refractivity contribution in [3.05, 3.63) is 75.8 Å². The number of carbonyl (C=O) groups is 3. The summed E-state index contributed by atoms with van der Waals surface area (Å²) < 4.78 is 0. The number of rotatable bonds is 5. The van der Waals surface area contributed by atoms with Gasteiger partial charge in [0.2, 0.25) is 5.13 Å². The smallest absolute Gasteiger partial charge is 0.261 e. The number of imide groups is 1. The first-order valence-electron chi connectivity index (χ1n) is 9.29. The minimum Gasteiger partial charge on any atom is -0.296 e. The third-order valence-corrected chi connectivity index (χ3v) is 6.00. The van der Waals surface area contributed by atoms with Gasteiger partial charge in [-0.25, -0.2) is 0 Å². The average Bonchev–Trinajstić information content (AvgIpc) is 3.45. The molecular formula is C21H16N4O3S. The number of amides is 3. The van der Waals surface area contributed by atoms with Crippen LogP contribution in [0.5, 0.6) is 0 Å². The molecule has 0 unspecified atom stereocenters. The molecule has 2 aromatic carbocycles. The topological polar surface area (TPSA) is 92.3 Å². The Morgan fingerprint density at radius 2 is 1.76 bits per heavy atom. The van der Waals surface area contributed by atoms with Crippen molar-refractivity contribution in [1.82, 2.24) is 15.1 Å². The van der Waals surface area contributed by atoms with Crippen LogP contribution in [0, 0.1) is 0 Å². The van der Waals surface area contributed by atoms with E-state index in [2.05, 4.69) is 15.5 Å². The van der Waals surface area contributed by atoms with E-state index in [4.69, 9.17) is 0 Å². The van der Waals surface area contributed by atoms with Crippen LogP contribution in [0.3, 0.4) is 0 Å². The number of nitrogens with zero attached hydrogens (tertiary/aromatic N) is 3. The van der Waals surface area contributed by atoms with Crippen molar-refractivity contribution in [2.75, 3.05) is 5.32 Å². The maximum absolute atomic E-state index is 12.6. The van der Waals surface area contributed by atoms with E-state index in [1.165, 1.54) is 16.2 Å². The zero-order chi connectivity index (χ0) is 20.0. The largest absolute Gasteiger partial charge is 0.296 e. The summed E-state index contributed by atoms with van der Waals surface area (Å²) in [6.07, 6.45) is 2.25. The number of fused-ring (bicyclic) bond motifs is 1. The van der Waals surface area contributed by atoms with Gasteiger partial charge < -0.3 is 0 Å². The van der Waals surface area contributed by atoms with Crippen molar-refractivity contribution in [2.45, 2.75) is 25.3 Å². The van der Waals surface area contributed by atoms with Gasteiger partial charge in [0.15, 0.2) is 0 Å². The van der Waals surface area contributed by atoms with E-state index in [0.717, 1.165) is 17.8 Å². The zero-order valence-electron chi connectivity index (χ0n) is 15.3. The van der Waals surface area contributed by atoms with Gasteiger partial charge in [-0.1, -0.05) is 35.6 Å². The summed E-state index contributed by atoms with van der Waals surface area (Å²) in [7, 11) is 0. The van der Waals surface area contributed by atoms with E-state index in [1.54, 1.807) is 48.5 Å². The summed E-state index contributed by atoms with van der Waals surface area (Å²) in [6.45, 7) is 0.109. The second kappa shape index (κ2) is 6.89. The Bertz CT molecular complexity index is 1120. The molecule has 7 nitrogen and oxygen atoms in total. The van der Waals surface area contributed by atoms with Gasteiger partial charge in [-0.2, -0.15) is 0 Å². The summed E-state index contributed by atoms with van der Waals surface area (Å²) in [4.78, 5) is 38.9. The first-order valence-corrected chi connectivity index (χ1v) is 10.1. The number of hydrogen-bond acceptors (Lipinski definition) is 6. The van der Waals surface area contributed by atoms with E-state index >= 15 is 0 Å². The van der Waals surface area contributed by atoms with Crippen molar-refractivity contribution >= 4 is 34.2 Å². The Balaban J connectivity index is 1.31. The van der Waals surface area contributed by atoms with Crippen LogP contribution < -0.4 is 5.32 Å². The maximum atomic E-state index is 12.6. The van der Waals surface area contributed by atoms with Crippen LogP contribution in [-0.2, 0) is 6.54 Å². The quantitative estimate of drug-likeness (QED) is 0.658. The van der Waals surface area contributed by atoms with E-state index in [0.29, 0.717) is 33.3 Å². The number of aromatic nitrogens is 2. The Hall–Kier alpha value is -3.39. The second-order valence-electron chi connectivity index (χ2n) is 7.12. The van der Waals surface area contributed by atoms with Crippen molar-refractivity contribution < 1.29 is 14.4 Å². The van der Waals surface area contributed by atoms with Crippen LogP contribution in [0.4, 0.5) is 5.13 Å². The predicted octanol–water partition coefficient (Wildman–Crippen LogP) is 3.46. The third kappa shape index (κ3) is 3.31. The molecule has 29 heavy (non-hydrogen) atoms. The standard InChI is InChI=1S/C21H16N4O3S/c26-17(22-21-24-23-18(29-21)13-8-9-13)14-5-3-4-12(10-14)11-25-19(27)15-6-1-2-7-16(15)20(25)28/h1-7,10,13H,8-9,11H2,(H,22,24,26). The zero-order valence-corrected chi connectivity index (χ0v) is 16.1. The highest BCUT2D eigenvalue weighted by molar-refractivity contribution is 7.15. The average molecular weight is 404 g/mol. The summed E-state index contributed by atoms with van der Waals surface area (Å²) in [5.74, 6) is -0.447. The fourth-order valence-electron chi connectivity index (χ4n) is 3.33. The third-order valence-electron chi connectivity index (χ3n) is 5.00. The molecule has 0 bridgehead atoms. The summed E-state index contributed by atoms with van der Waals surface area (Å²) in [5.41, 5.74) is 1.95. The lowest BCUT2D eigenvalue weighted by Gasteiger charge is -2.14. The molecule has 2 heterocycles. The molecule has 0 radical (unpaired) electrons. The van der Waals surface area contributed by atoms with Crippen molar-refractivity contribution in [1.29, 1.82) is 0 Å². The molecule has 5 rings (SSSR count). The van der Waals surface area contributed by atoms with Gasteiger partial charge in [0.1, 0.15) is 5.01 Å². The van der Waals surface area contributed by atoms with E-state index in [-0.39, 0.29) is 24.3 Å². The van der Waals surface area contributed by atoms with E-state index in [9.17, 15) is 14.4 Å². The minimum absolute atomic E-state index is 0.109. The van der Waals surface area contributed by atoms with Crippen LogP contribution in [0.2, 0.25) is 0 Å². The molecule has 3 aromatic rings. The number of nitrogens with one attached hydrogen (secondary N) is 1. The summed E-state index contributed by atoms with van der Waals surface area (Å²) >= 11 is 1.40. The molecule has 1 aromatic heterocycles. The normalized spacial score (nSPS) is 15.5. The monoisotopic (exact) mass is 404 g/mol. The SMILES string of the molecule is O=C(Nc1nnc(C2CC2)s1)c1cccc(CN2C(=O)c3ccccc3C2=O)c1. The molecule has 8 heteroatoms. The van der Waals surface area contributed by atoms with Gasteiger partial charge in [-0.05, 0) is 42.7 Å². The van der Waals surface area contributed by atoms with Crippen LogP contribution in [0.25, 0.3) is 0 Å². The minimum atomic E-state index is -0.318. The number of benzene rings is 2. The Morgan fingerprint density at radius 1 is 1.03 bits per heavy atom. The van der Waals surface area contributed by atoms with Gasteiger partial charge >= 0.3 is 0 Å². The van der Waals surface area contributed by atoms with Gasteiger partial charge in [0.05, 0.1) is 17.7 Å². The molecule has 0 atom stereocenters. The summed E-state index contributed by atoms with van der Waals surface area (Å²) in [5, 5.41) is 12.4. The van der Waals surface area contributed by atoms with Crippen LogP contribution in [0.15, 0.2) is 48.5 Å². The molecule has 3 amide bonds. The lowest BCUT2D eigenvalue weighted by atomic mass is 10.1. The number of carbonyl (C=O) groups excluding carboxylic acids is 3. The molecule has 2 aliphatic rings. The first-order chi connectivity index (χ1) is 14.1. The molecule has 0 spiro atoms. The highest BCUT2D eigenvalue weighted by Crippen LogP contribution is 2.42. The fourth-order valence-corrected chi connectivity index (χ4v) is 4.23. The molecule has 1 saturated carbocycles. The molecule has 1 fully saturated rings. The van der Waals surface area contributed by atoms with Crippen LogP contribution in [0.1, 0.15) is 60.4 Å². The van der Waals surface area contributed by atoms with E-state index in [1.807, 2.05) is 0 Å². The Kier molecular flexibility index (Phi) is 4.21. The fraction of sp³-hybridized carbons (Fsp3) is 0.190. The van der Waals surface area contributed by atoms with Gasteiger partial charge in [0.25, 0.3) is 17.7 Å². The lowest BCUT2D eigenvalue weighted by Crippen LogP contribution is -2.29. The van der Waals surface area contributed by atoms with Gasteiger partial charge in [-0.15, -0.1) is 10.2 Å². The van der Waals surface area contributed by atoms with Crippen LogP contribution in [-0.4, -0.2) is 32.8 Å². The predicted molar refractivity (Wildman–Crippen MR) is 107 cm³/mol. The second-order valence-corrected chi connectivity index (χ2v) is 8.13. The van der Waals surface area contributed by atoms with Crippen molar-refractivity contribution in [2.24, 2.45) is 0 Å². The first kappa shape index (κ1) is 17.7. The van der Waals surface area contributed by atoms with Crippen molar-refractivity contribution in [3.63, 3.8) is 0 Å². The highest BCUT2D eigenvalue weighted by Gasteiger charge is 2.35. The maximum Gasteiger partial charge on any atom is 0.261 e. The van der Waals surface area contributed by atoms with Crippen molar-refractivity contribution in [3.8, 4) is 0 Å².